The first-order valence-corrected chi connectivity index (χ1v) is 11.0. The first-order chi connectivity index (χ1) is 12.8. The van der Waals surface area contributed by atoms with Crippen molar-refractivity contribution in [3.05, 3.63) is 29.8 Å². The molecule has 1 saturated heterocycles. The van der Waals surface area contributed by atoms with Gasteiger partial charge in [0, 0.05) is 6.54 Å². The lowest BCUT2D eigenvalue weighted by Crippen LogP contribution is -2.63. The van der Waals surface area contributed by atoms with E-state index < -0.39 is 55.9 Å². The van der Waals surface area contributed by atoms with Crippen LogP contribution in [-0.2, 0) is 36.0 Å². The Bertz CT molecular complexity index is 916. The number of carboxylic acids is 1. The Morgan fingerprint density at radius 1 is 1.04 bits per heavy atom. The molecule has 1 fully saturated rings. The minimum absolute atomic E-state index is 0.109. The van der Waals surface area contributed by atoms with E-state index in [1.807, 2.05) is 0 Å². The highest BCUT2D eigenvalue weighted by Crippen LogP contribution is 2.24. The molecule has 2 rings (SSSR count). The van der Waals surface area contributed by atoms with Gasteiger partial charge in [0.1, 0.15) is 18.3 Å². The van der Waals surface area contributed by atoms with E-state index in [-0.39, 0.29) is 17.9 Å². The van der Waals surface area contributed by atoms with Gasteiger partial charge < -0.3 is 25.2 Å². The predicted octanol–water partition coefficient (Wildman–Crippen LogP) is -3.31. The van der Waals surface area contributed by atoms with Crippen molar-refractivity contribution in [3.63, 3.8) is 0 Å². The lowest BCUT2D eigenvalue weighted by Gasteiger charge is -2.38. The molecule has 1 aliphatic heterocycles. The van der Waals surface area contributed by atoms with Gasteiger partial charge in [-0.1, -0.05) is 12.1 Å². The van der Waals surface area contributed by atoms with Crippen LogP contribution in [0.15, 0.2) is 29.2 Å². The Morgan fingerprint density at radius 2 is 1.61 bits per heavy atom. The molecule has 5 atom stereocenters. The summed E-state index contributed by atoms with van der Waals surface area (Å²) in [5.74, 6) is -1.70. The summed E-state index contributed by atoms with van der Waals surface area (Å²) >= 11 is 0. The fourth-order valence-electron chi connectivity index (χ4n) is 2.57. The molecule has 0 aromatic heterocycles. The fourth-order valence-corrected chi connectivity index (χ4v) is 4.43. The molecule has 0 spiro atoms. The summed E-state index contributed by atoms with van der Waals surface area (Å²) < 4.78 is 53.9. The van der Waals surface area contributed by atoms with Crippen molar-refractivity contribution in [2.75, 3.05) is 6.54 Å². The molecule has 0 saturated carbocycles. The van der Waals surface area contributed by atoms with E-state index in [2.05, 4.69) is 4.72 Å². The van der Waals surface area contributed by atoms with Crippen LogP contribution in [-0.4, -0.2) is 79.6 Å². The number of nitrogens with one attached hydrogen (secondary N) is 1. The van der Waals surface area contributed by atoms with Crippen LogP contribution in [0.3, 0.4) is 0 Å². The molecule has 14 heteroatoms. The fraction of sp³-hybridized carbons (Fsp3) is 0.500. The number of hydrogen-bond donors (Lipinski definition) is 6. The number of ether oxygens (including phenoxy) is 1. The Morgan fingerprint density at radius 3 is 2.11 bits per heavy atom. The molecule has 0 aliphatic carbocycles. The van der Waals surface area contributed by atoms with Crippen LogP contribution in [0.1, 0.15) is 5.56 Å². The second-order valence-electron chi connectivity index (χ2n) is 6.11. The molecule has 158 valence electrons. The van der Waals surface area contributed by atoms with Crippen LogP contribution in [0.4, 0.5) is 0 Å². The monoisotopic (exact) mass is 440 g/mol. The van der Waals surface area contributed by atoms with Crippen molar-refractivity contribution in [2.45, 2.75) is 41.2 Å². The number of carbonyl (C=O) groups is 1. The van der Waals surface area contributed by atoms with Crippen molar-refractivity contribution < 1.29 is 46.8 Å². The highest BCUT2D eigenvalue weighted by atomic mass is 32.2. The molecule has 28 heavy (non-hydrogen) atoms. The highest BCUT2D eigenvalue weighted by Gasteiger charge is 2.51. The quantitative estimate of drug-likeness (QED) is 0.248. The number of benzene rings is 1. The largest absolute Gasteiger partial charge is 0.479 e. The number of carboxylic acid groups (broad SMARTS) is 1. The topological polar surface area (TPSA) is 214 Å². The summed E-state index contributed by atoms with van der Waals surface area (Å²) in [4.78, 5) is 10.9. The van der Waals surface area contributed by atoms with E-state index in [0.29, 0.717) is 5.56 Å². The van der Waals surface area contributed by atoms with E-state index in [1.54, 1.807) is 0 Å². The van der Waals surface area contributed by atoms with Crippen molar-refractivity contribution >= 4 is 26.0 Å². The number of hydrogen-bond acceptors (Lipinski definition) is 9. The maximum absolute atomic E-state index is 12.3. The SMILES string of the molecule is NS(=O)(=O)c1ccc(CCNS(=O)(=O)[C@@H]2O[C@H](C(=O)O)[C@H](O)[C@H](O)[C@H]2O)cc1. The molecule has 1 heterocycles. The maximum Gasteiger partial charge on any atom is 0.335 e. The summed E-state index contributed by atoms with van der Waals surface area (Å²) in [6.45, 7) is -0.194. The number of aliphatic hydroxyl groups excluding tert-OH is 3. The number of sulfonamides is 2. The van der Waals surface area contributed by atoms with Gasteiger partial charge in [0.25, 0.3) is 0 Å². The van der Waals surface area contributed by atoms with Gasteiger partial charge in [-0.05, 0) is 24.1 Å². The molecule has 0 bridgehead atoms. The number of nitrogens with two attached hydrogens (primary N) is 1. The lowest BCUT2D eigenvalue weighted by atomic mass is 10.0. The number of rotatable bonds is 7. The van der Waals surface area contributed by atoms with Gasteiger partial charge in [-0.2, -0.15) is 0 Å². The zero-order valence-electron chi connectivity index (χ0n) is 14.2. The van der Waals surface area contributed by atoms with Gasteiger partial charge in [0.2, 0.25) is 25.5 Å². The zero-order valence-corrected chi connectivity index (χ0v) is 15.9. The summed E-state index contributed by atoms with van der Waals surface area (Å²) in [5.41, 5.74) is -1.55. The minimum atomic E-state index is -4.43. The smallest absolute Gasteiger partial charge is 0.335 e. The second-order valence-corrected chi connectivity index (χ2v) is 9.52. The van der Waals surface area contributed by atoms with Gasteiger partial charge in [-0.15, -0.1) is 0 Å². The van der Waals surface area contributed by atoms with Gasteiger partial charge in [-0.3, -0.25) is 0 Å². The third kappa shape index (κ3) is 5.03. The molecule has 0 radical (unpaired) electrons. The highest BCUT2D eigenvalue weighted by molar-refractivity contribution is 7.90. The van der Waals surface area contributed by atoms with Gasteiger partial charge in [0.15, 0.2) is 6.10 Å². The average molecular weight is 440 g/mol. The van der Waals surface area contributed by atoms with E-state index in [9.17, 15) is 36.9 Å². The lowest BCUT2D eigenvalue weighted by molar-refractivity contribution is -0.210. The van der Waals surface area contributed by atoms with Crippen LogP contribution in [0, 0.1) is 0 Å². The third-order valence-electron chi connectivity index (χ3n) is 4.09. The summed E-state index contributed by atoms with van der Waals surface area (Å²) in [6.07, 6.45) is -8.03. The summed E-state index contributed by atoms with van der Waals surface area (Å²) in [7, 11) is -8.28. The Hall–Kier alpha value is -1.65. The van der Waals surface area contributed by atoms with E-state index >= 15 is 0 Å². The Balaban J connectivity index is 2.03. The molecule has 0 amide bonds. The van der Waals surface area contributed by atoms with E-state index in [4.69, 9.17) is 15.0 Å². The third-order valence-corrected chi connectivity index (χ3v) is 6.62. The molecule has 1 aliphatic rings. The normalized spacial score (nSPS) is 28.8. The van der Waals surface area contributed by atoms with Crippen molar-refractivity contribution in [2.24, 2.45) is 5.14 Å². The molecule has 0 unspecified atom stereocenters. The zero-order chi connectivity index (χ0) is 21.3. The Kier molecular flexibility index (Phi) is 6.78. The van der Waals surface area contributed by atoms with Crippen molar-refractivity contribution in [1.29, 1.82) is 0 Å². The first-order valence-electron chi connectivity index (χ1n) is 7.87. The van der Waals surface area contributed by atoms with Crippen LogP contribution in [0.25, 0.3) is 0 Å². The summed E-state index contributed by atoms with van der Waals surface area (Å²) in [5, 5.41) is 43.1. The van der Waals surface area contributed by atoms with E-state index in [1.165, 1.54) is 24.3 Å². The molecular formula is C14H20N2O10S2. The van der Waals surface area contributed by atoms with Crippen LogP contribution < -0.4 is 9.86 Å². The van der Waals surface area contributed by atoms with Gasteiger partial charge in [0.05, 0.1) is 4.90 Å². The molecular weight excluding hydrogens is 420 g/mol. The first kappa shape index (κ1) is 22.6. The molecule has 1 aromatic carbocycles. The van der Waals surface area contributed by atoms with Crippen LogP contribution >= 0.6 is 0 Å². The van der Waals surface area contributed by atoms with Crippen molar-refractivity contribution in [1.82, 2.24) is 4.72 Å². The van der Waals surface area contributed by atoms with Crippen LogP contribution in [0.5, 0.6) is 0 Å². The number of primary sulfonamides is 1. The van der Waals surface area contributed by atoms with Gasteiger partial charge >= 0.3 is 5.97 Å². The molecule has 7 N–H and O–H groups in total. The number of aliphatic hydroxyl groups is 3. The predicted molar refractivity (Wildman–Crippen MR) is 92.8 cm³/mol. The van der Waals surface area contributed by atoms with Crippen LogP contribution in [0.2, 0.25) is 0 Å². The Labute approximate surface area is 160 Å². The molecule has 1 aromatic rings. The molecule has 12 nitrogen and oxygen atoms in total. The average Bonchev–Trinajstić information content (AvgIpc) is 2.59. The van der Waals surface area contributed by atoms with Gasteiger partial charge in [-0.25, -0.2) is 31.5 Å². The number of aliphatic carboxylic acids is 1. The van der Waals surface area contributed by atoms with Crippen molar-refractivity contribution in [3.8, 4) is 0 Å². The second kappa shape index (κ2) is 8.38. The maximum atomic E-state index is 12.3. The minimum Gasteiger partial charge on any atom is -0.479 e. The summed E-state index contributed by atoms with van der Waals surface area (Å²) in [6, 6.07) is 5.37. The standard InChI is InChI=1S/C14H20N2O10S2/c15-27(22,23)8-3-1-7(2-4-8)5-6-16-28(24,25)14-11(19)9(17)10(18)12(26-14)13(20)21/h1-4,9-12,14,16-19H,5-6H2,(H,20,21)(H2,15,22,23)/t9-,10+,11+,12-,14-/m0/s1. The van der Waals surface area contributed by atoms with E-state index in [0.717, 1.165) is 0 Å².